The monoisotopic (exact) mass is 276 g/mol. The van der Waals surface area contributed by atoms with Gasteiger partial charge in [0.2, 0.25) is 0 Å². The lowest BCUT2D eigenvalue weighted by Crippen LogP contribution is -2.11. The molecule has 3 rings (SSSR count). The van der Waals surface area contributed by atoms with Crippen molar-refractivity contribution >= 4 is 12.2 Å². The minimum absolute atomic E-state index is 0.168. The zero-order valence-electron chi connectivity index (χ0n) is 12.1. The fourth-order valence-corrected chi connectivity index (χ4v) is 2.49. The Morgan fingerprint density at radius 3 is 2.29 bits per heavy atom. The van der Waals surface area contributed by atoms with Crippen molar-refractivity contribution in [3.8, 4) is 0 Å². The van der Waals surface area contributed by atoms with Gasteiger partial charge in [0, 0.05) is 5.22 Å². The molecule has 0 nitrogen and oxygen atoms in total. The molecule has 0 radical (unpaired) electrons. The van der Waals surface area contributed by atoms with Crippen LogP contribution in [0.1, 0.15) is 13.3 Å². The summed E-state index contributed by atoms with van der Waals surface area (Å²) in [5.41, 5.74) is 2.25. The minimum atomic E-state index is -0.168. The van der Waals surface area contributed by atoms with Gasteiger partial charge in [-0.15, -0.1) is 0 Å². The van der Waals surface area contributed by atoms with Crippen LogP contribution < -0.4 is 10.4 Å². The molecule has 0 saturated heterocycles. The van der Waals surface area contributed by atoms with Gasteiger partial charge in [-0.05, 0) is 40.6 Å². The van der Waals surface area contributed by atoms with E-state index in [-0.39, 0.29) is 5.82 Å². The van der Waals surface area contributed by atoms with Crippen molar-refractivity contribution in [3.05, 3.63) is 93.0 Å². The number of rotatable bonds is 0. The predicted molar refractivity (Wildman–Crippen MR) is 86.2 cm³/mol. The van der Waals surface area contributed by atoms with Crippen molar-refractivity contribution in [3.63, 3.8) is 0 Å². The molecule has 0 N–H and O–H groups in total. The van der Waals surface area contributed by atoms with Crippen LogP contribution in [-0.4, -0.2) is 0 Å². The van der Waals surface area contributed by atoms with Crippen LogP contribution in [0.3, 0.4) is 0 Å². The van der Waals surface area contributed by atoms with E-state index < -0.39 is 0 Å². The Balaban J connectivity index is 2.21. The molecule has 21 heavy (non-hydrogen) atoms. The van der Waals surface area contributed by atoms with Gasteiger partial charge in [-0.2, -0.15) is 0 Å². The lowest BCUT2D eigenvalue weighted by atomic mass is 10.0. The highest BCUT2D eigenvalue weighted by molar-refractivity contribution is 5.62. The van der Waals surface area contributed by atoms with E-state index in [2.05, 4.69) is 19.6 Å². The van der Waals surface area contributed by atoms with Crippen molar-refractivity contribution in [2.45, 2.75) is 13.3 Å². The van der Waals surface area contributed by atoms with Crippen LogP contribution in [0.15, 0.2) is 66.3 Å². The maximum atomic E-state index is 14.4. The molecule has 0 amide bonds. The van der Waals surface area contributed by atoms with Crippen LogP contribution in [-0.2, 0) is 0 Å². The summed E-state index contributed by atoms with van der Waals surface area (Å²) in [6.45, 7) is 5.92. The molecule has 0 aliphatic heterocycles. The zero-order valence-corrected chi connectivity index (χ0v) is 12.1. The summed E-state index contributed by atoms with van der Waals surface area (Å²) < 4.78 is 14.4. The fraction of sp³-hybridized carbons (Fsp3) is 0.100. The molecule has 0 bridgehead atoms. The lowest BCUT2D eigenvalue weighted by Gasteiger charge is -2.06. The molecule has 0 unspecified atom stereocenters. The number of halogens is 1. The third kappa shape index (κ3) is 2.87. The van der Waals surface area contributed by atoms with Gasteiger partial charge in [0.25, 0.3) is 0 Å². The molecule has 1 aliphatic carbocycles. The van der Waals surface area contributed by atoms with E-state index in [1.807, 2.05) is 48.6 Å². The van der Waals surface area contributed by atoms with Gasteiger partial charge >= 0.3 is 0 Å². The highest BCUT2D eigenvalue weighted by Gasteiger charge is 2.02. The van der Waals surface area contributed by atoms with E-state index in [4.69, 9.17) is 0 Å². The highest BCUT2D eigenvalue weighted by atomic mass is 19.1. The van der Waals surface area contributed by atoms with Crippen LogP contribution in [0.2, 0.25) is 0 Å². The van der Waals surface area contributed by atoms with Crippen molar-refractivity contribution < 1.29 is 4.39 Å². The van der Waals surface area contributed by atoms with Crippen LogP contribution >= 0.6 is 0 Å². The molecule has 1 heteroatoms. The maximum absolute atomic E-state index is 14.4. The maximum Gasteiger partial charge on any atom is 0.131 e. The number of allylic oxidation sites excluding steroid dienone is 4. The molecule has 2 aromatic rings. The summed E-state index contributed by atoms with van der Waals surface area (Å²) in [6.07, 6.45) is 6.94. The molecule has 104 valence electrons. The van der Waals surface area contributed by atoms with Gasteiger partial charge in [-0.25, -0.2) is 4.39 Å². The Hall–Kier alpha value is -2.41. The fourth-order valence-electron chi connectivity index (χ4n) is 2.49. The van der Waals surface area contributed by atoms with Gasteiger partial charge < -0.3 is 0 Å². The van der Waals surface area contributed by atoms with Crippen molar-refractivity contribution in [2.24, 2.45) is 0 Å². The highest BCUT2D eigenvalue weighted by Crippen LogP contribution is 2.15. The molecular weight excluding hydrogens is 259 g/mol. The average Bonchev–Trinajstić information content (AvgIpc) is 2.49. The summed E-state index contributed by atoms with van der Waals surface area (Å²) in [5, 5.41) is 3.55. The summed E-state index contributed by atoms with van der Waals surface area (Å²) >= 11 is 0. The Kier molecular flexibility index (Phi) is 3.57. The van der Waals surface area contributed by atoms with E-state index in [9.17, 15) is 4.39 Å². The van der Waals surface area contributed by atoms with E-state index in [0.29, 0.717) is 5.22 Å². The summed E-state index contributed by atoms with van der Waals surface area (Å²) in [7, 11) is 0. The van der Waals surface area contributed by atoms with E-state index >= 15 is 0 Å². The van der Waals surface area contributed by atoms with Crippen molar-refractivity contribution in [1.29, 1.82) is 0 Å². The first-order valence-electron chi connectivity index (χ1n) is 7.06. The Labute approximate surface area is 123 Å². The van der Waals surface area contributed by atoms with Crippen LogP contribution in [0.5, 0.6) is 0 Å². The molecule has 0 fully saturated rings. The van der Waals surface area contributed by atoms with E-state index in [1.165, 1.54) is 5.57 Å². The van der Waals surface area contributed by atoms with Gasteiger partial charge in [0.15, 0.2) is 0 Å². The molecular formula is C20H17F. The minimum Gasteiger partial charge on any atom is -0.206 e. The van der Waals surface area contributed by atoms with Gasteiger partial charge in [0.05, 0.1) is 0 Å². The van der Waals surface area contributed by atoms with Crippen molar-refractivity contribution in [1.82, 2.24) is 0 Å². The molecule has 2 aromatic carbocycles. The molecule has 1 aliphatic rings. The summed E-state index contributed by atoms with van der Waals surface area (Å²) in [5.74, 6) is -0.168. The average molecular weight is 276 g/mol. The second-order valence-corrected chi connectivity index (χ2v) is 5.40. The number of benzene rings is 2. The second-order valence-electron chi connectivity index (χ2n) is 5.40. The summed E-state index contributed by atoms with van der Waals surface area (Å²) in [4.78, 5) is 0. The van der Waals surface area contributed by atoms with Crippen LogP contribution in [0.25, 0.3) is 12.2 Å². The first-order chi connectivity index (χ1) is 10.1. The van der Waals surface area contributed by atoms with Gasteiger partial charge in [-0.3, -0.25) is 0 Å². The van der Waals surface area contributed by atoms with Crippen LogP contribution in [0, 0.1) is 16.3 Å². The SMILES string of the molecule is C=c1ccc(=c2cc/c(=C3/C=CC(C)=CC3)c(F)c2)cc1. The smallest absolute Gasteiger partial charge is 0.131 e. The predicted octanol–water partition coefficient (Wildman–Crippen LogP) is 3.58. The van der Waals surface area contributed by atoms with E-state index in [1.54, 1.807) is 6.07 Å². The quantitative estimate of drug-likeness (QED) is 0.690. The zero-order chi connectivity index (χ0) is 14.8. The van der Waals surface area contributed by atoms with Gasteiger partial charge in [-0.1, -0.05) is 66.8 Å². The van der Waals surface area contributed by atoms with Crippen molar-refractivity contribution in [2.75, 3.05) is 0 Å². The van der Waals surface area contributed by atoms with Gasteiger partial charge in [0.1, 0.15) is 5.82 Å². The topological polar surface area (TPSA) is 0 Å². The number of hydrogen-bond donors (Lipinski definition) is 0. The molecule has 0 heterocycles. The first kappa shape index (κ1) is 13.6. The Morgan fingerprint density at radius 1 is 0.952 bits per heavy atom. The third-order valence-electron chi connectivity index (χ3n) is 3.79. The first-order valence-corrected chi connectivity index (χ1v) is 7.06. The standard InChI is InChI=1S/C20H17F/c1-14-3-7-16(8-4-14)18-11-12-19(20(21)13-18)17-9-5-15(2)6-10-17/h3-9,11-13H,1,10H2,2H3/b19-17+. The van der Waals surface area contributed by atoms with Crippen LogP contribution in [0.4, 0.5) is 4.39 Å². The second kappa shape index (κ2) is 5.53. The summed E-state index contributed by atoms with van der Waals surface area (Å²) in [6, 6.07) is 13.3. The molecule has 0 saturated carbocycles. The molecule has 0 atom stereocenters. The Morgan fingerprint density at radius 2 is 1.67 bits per heavy atom. The number of hydrogen-bond acceptors (Lipinski definition) is 0. The lowest BCUT2D eigenvalue weighted by molar-refractivity contribution is 0.617. The Bertz CT molecular complexity index is 923. The third-order valence-corrected chi connectivity index (χ3v) is 3.79. The largest absolute Gasteiger partial charge is 0.206 e. The molecule has 0 aromatic heterocycles. The van der Waals surface area contributed by atoms with E-state index in [0.717, 1.165) is 27.6 Å². The molecule has 0 spiro atoms. The normalized spacial score (nSPS) is 16.8.